The molecule has 0 amide bonds. The highest BCUT2D eigenvalue weighted by Gasteiger charge is 2.33. The Bertz CT molecular complexity index is 527. The molecule has 108 valence electrons. The Labute approximate surface area is 118 Å². The fourth-order valence-electron chi connectivity index (χ4n) is 2.44. The molecule has 0 fully saturated rings. The van der Waals surface area contributed by atoms with Crippen LogP contribution < -0.4 is 10.1 Å². The van der Waals surface area contributed by atoms with Gasteiger partial charge in [-0.05, 0) is 32.4 Å². The summed E-state index contributed by atoms with van der Waals surface area (Å²) in [6, 6.07) is 5.45. The maximum absolute atomic E-state index is 12.0. The fraction of sp³-hybridized carbons (Fsp3) is 0.467. The van der Waals surface area contributed by atoms with Gasteiger partial charge in [0.25, 0.3) is 0 Å². The summed E-state index contributed by atoms with van der Waals surface area (Å²) in [6.45, 7) is 5.46. The normalized spacial score (nSPS) is 20.6. The van der Waals surface area contributed by atoms with Gasteiger partial charge in [0.15, 0.2) is 0 Å². The minimum atomic E-state index is -0.371. The molecule has 5 nitrogen and oxygen atoms in total. The number of fused-ring (bicyclic) bond motifs is 1. The Morgan fingerprint density at radius 1 is 1.40 bits per heavy atom. The van der Waals surface area contributed by atoms with Crippen molar-refractivity contribution in [2.24, 2.45) is 5.92 Å². The molecule has 5 heteroatoms. The standard InChI is InChI=1S/C15H19NO4/c1-4-19-15(18)11-8-12-13(16-9(11)2)6-5-7-14(12)20-10(3)17/h5-7,9,11,16H,4,8H2,1-3H3/t9-,11+/m1/s1. The minimum Gasteiger partial charge on any atom is -0.466 e. The molecular weight excluding hydrogens is 258 g/mol. The number of benzene rings is 1. The van der Waals surface area contributed by atoms with Gasteiger partial charge in [0.2, 0.25) is 0 Å². The lowest BCUT2D eigenvalue weighted by atomic mass is 9.87. The first kappa shape index (κ1) is 14.4. The van der Waals surface area contributed by atoms with Crippen LogP contribution >= 0.6 is 0 Å². The lowest BCUT2D eigenvalue weighted by Gasteiger charge is -2.31. The Morgan fingerprint density at radius 3 is 2.80 bits per heavy atom. The molecule has 0 radical (unpaired) electrons. The number of carbonyl (C=O) groups is 2. The van der Waals surface area contributed by atoms with Crippen LogP contribution in [-0.4, -0.2) is 24.6 Å². The lowest BCUT2D eigenvalue weighted by Crippen LogP contribution is -2.38. The van der Waals surface area contributed by atoms with Gasteiger partial charge in [0.05, 0.1) is 12.5 Å². The molecule has 0 saturated carbocycles. The van der Waals surface area contributed by atoms with Crippen LogP contribution in [0.15, 0.2) is 18.2 Å². The van der Waals surface area contributed by atoms with E-state index in [1.165, 1.54) is 6.92 Å². The molecule has 20 heavy (non-hydrogen) atoms. The minimum absolute atomic E-state index is 0.0193. The second-order valence-electron chi connectivity index (χ2n) is 4.87. The van der Waals surface area contributed by atoms with Gasteiger partial charge < -0.3 is 14.8 Å². The van der Waals surface area contributed by atoms with Crippen molar-refractivity contribution >= 4 is 17.6 Å². The van der Waals surface area contributed by atoms with E-state index in [2.05, 4.69) is 5.32 Å². The summed E-state index contributed by atoms with van der Waals surface area (Å²) in [7, 11) is 0. The van der Waals surface area contributed by atoms with E-state index in [0.717, 1.165) is 11.3 Å². The molecule has 1 heterocycles. The van der Waals surface area contributed by atoms with Crippen molar-refractivity contribution in [1.82, 2.24) is 0 Å². The average molecular weight is 277 g/mol. The number of anilines is 1. The fourth-order valence-corrected chi connectivity index (χ4v) is 2.44. The van der Waals surface area contributed by atoms with E-state index in [9.17, 15) is 9.59 Å². The number of hydrogen-bond acceptors (Lipinski definition) is 5. The Morgan fingerprint density at radius 2 is 2.15 bits per heavy atom. The van der Waals surface area contributed by atoms with E-state index in [0.29, 0.717) is 18.8 Å². The van der Waals surface area contributed by atoms with Crippen LogP contribution in [0, 0.1) is 5.92 Å². The molecule has 0 aliphatic carbocycles. The summed E-state index contributed by atoms with van der Waals surface area (Å²) >= 11 is 0. The number of carbonyl (C=O) groups excluding carboxylic acids is 2. The lowest BCUT2D eigenvalue weighted by molar-refractivity contribution is -0.148. The molecule has 1 aromatic carbocycles. The predicted molar refractivity (Wildman–Crippen MR) is 74.7 cm³/mol. The first-order chi connectivity index (χ1) is 9.52. The van der Waals surface area contributed by atoms with Gasteiger partial charge in [0, 0.05) is 24.2 Å². The van der Waals surface area contributed by atoms with Crippen molar-refractivity contribution in [3.63, 3.8) is 0 Å². The Balaban J connectivity index is 2.29. The van der Waals surface area contributed by atoms with Crippen molar-refractivity contribution in [2.75, 3.05) is 11.9 Å². The molecule has 0 bridgehead atoms. The first-order valence-electron chi connectivity index (χ1n) is 6.76. The summed E-state index contributed by atoms with van der Waals surface area (Å²) in [5.41, 5.74) is 1.75. The number of ether oxygens (including phenoxy) is 2. The molecule has 0 spiro atoms. The SMILES string of the molecule is CCOC(=O)[C@H]1Cc2c(cccc2OC(C)=O)N[C@@H]1C. The highest BCUT2D eigenvalue weighted by atomic mass is 16.5. The summed E-state index contributed by atoms with van der Waals surface area (Å²) < 4.78 is 10.3. The topological polar surface area (TPSA) is 64.6 Å². The maximum Gasteiger partial charge on any atom is 0.311 e. The molecule has 1 aliphatic rings. The van der Waals surface area contributed by atoms with Crippen LogP contribution in [0.4, 0.5) is 5.69 Å². The van der Waals surface area contributed by atoms with E-state index in [1.807, 2.05) is 19.1 Å². The zero-order valence-corrected chi connectivity index (χ0v) is 11.9. The van der Waals surface area contributed by atoms with Gasteiger partial charge in [-0.1, -0.05) is 6.07 Å². The third-order valence-corrected chi connectivity index (χ3v) is 3.39. The molecule has 1 aromatic rings. The van der Waals surface area contributed by atoms with Crippen molar-refractivity contribution < 1.29 is 19.1 Å². The second kappa shape index (κ2) is 5.94. The smallest absolute Gasteiger partial charge is 0.311 e. The predicted octanol–water partition coefficient (Wildman–Crippen LogP) is 2.15. The molecule has 2 rings (SSSR count). The van der Waals surface area contributed by atoms with Crippen molar-refractivity contribution in [3.8, 4) is 5.75 Å². The Hall–Kier alpha value is -2.04. The van der Waals surface area contributed by atoms with Gasteiger partial charge in [-0.3, -0.25) is 9.59 Å². The van der Waals surface area contributed by atoms with E-state index >= 15 is 0 Å². The van der Waals surface area contributed by atoms with Crippen LogP contribution in [0.2, 0.25) is 0 Å². The zero-order chi connectivity index (χ0) is 14.7. The van der Waals surface area contributed by atoms with Crippen molar-refractivity contribution in [1.29, 1.82) is 0 Å². The van der Waals surface area contributed by atoms with Crippen LogP contribution in [0.3, 0.4) is 0 Å². The molecule has 0 saturated heterocycles. The molecule has 0 unspecified atom stereocenters. The van der Waals surface area contributed by atoms with Gasteiger partial charge >= 0.3 is 11.9 Å². The van der Waals surface area contributed by atoms with Gasteiger partial charge in [0.1, 0.15) is 5.75 Å². The third-order valence-electron chi connectivity index (χ3n) is 3.39. The van der Waals surface area contributed by atoms with E-state index in [1.54, 1.807) is 13.0 Å². The first-order valence-corrected chi connectivity index (χ1v) is 6.76. The number of nitrogens with one attached hydrogen (secondary N) is 1. The summed E-state index contributed by atoms with van der Waals surface area (Å²) in [5, 5.41) is 3.27. The summed E-state index contributed by atoms with van der Waals surface area (Å²) in [4.78, 5) is 23.1. The largest absolute Gasteiger partial charge is 0.466 e. The van der Waals surface area contributed by atoms with Crippen LogP contribution in [0.5, 0.6) is 5.75 Å². The van der Waals surface area contributed by atoms with Crippen molar-refractivity contribution in [3.05, 3.63) is 23.8 Å². The van der Waals surface area contributed by atoms with E-state index in [4.69, 9.17) is 9.47 Å². The molecule has 2 atom stereocenters. The summed E-state index contributed by atoms with van der Waals surface area (Å²) in [5.74, 6) is -0.372. The van der Waals surface area contributed by atoms with Gasteiger partial charge in [-0.2, -0.15) is 0 Å². The monoisotopic (exact) mass is 277 g/mol. The van der Waals surface area contributed by atoms with E-state index < -0.39 is 0 Å². The molecule has 0 aromatic heterocycles. The highest BCUT2D eigenvalue weighted by Crippen LogP contribution is 2.35. The molecule has 1 N–H and O–H groups in total. The number of esters is 2. The maximum atomic E-state index is 12.0. The van der Waals surface area contributed by atoms with Crippen LogP contribution in [-0.2, 0) is 20.7 Å². The highest BCUT2D eigenvalue weighted by molar-refractivity contribution is 5.78. The molecule has 1 aliphatic heterocycles. The van der Waals surface area contributed by atoms with E-state index in [-0.39, 0.29) is 23.9 Å². The average Bonchev–Trinajstić information content (AvgIpc) is 2.37. The van der Waals surface area contributed by atoms with Crippen LogP contribution in [0.25, 0.3) is 0 Å². The van der Waals surface area contributed by atoms with Gasteiger partial charge in [-0.25, -0.2) is 0 Å². The number of hydrogen-bond donors (Lipinski definition) is 1. The quantitative estimate of drug-likeness (QED) is 0.677. The Kier molecular flexibility index (Phi) is 4.27. The summed E-state index contributed by atoms with van der Waals surface area (Å²) in [6.07, 6.45) is 0.506. The third kappa shape index (κ3) is 2.92. The number of rotatable bonds is 3. The molecular formula is C15H19NO4. The van der Waals surface area contributed by atoms with Crippen LogP contribution in [0.1, 0.15) is 26.3 Å². The van der Waals surface area contributed by atoms with Gasteiger partial charge in [-0.15, -0.1) is 0 Å². The van der Waals surface area contributed by atoms with Crippen molar-refractivity contribution in [2.45, 2.75) is 33.2 Å². The zero-order valence-electron chi connectivity index (χ0n) is 11.9. The second-order valence-corrected chi connectivity index (χ2v) is 4.87.